The molecule has 0 saturated heterocycles. The Kier molecular flexibility index (Phi) is 11.6. The second-order valence-electron chi connectivity index (χ2n) is 9.57. The minimum absolute atomic E-state index is 0.0154. The third kappa shape index (κ3) is 8.16. The fraction of sp³-hybridized carbons (Fsp3) is 0.517. The molecule has 2 aliphatic rings. The summed E-state index contributed by atoms with van der Waals surface area (Å²) in [5, 5.41) is 9.37. The Morgan fingerprint density at radius 1 is 1.17 bits per heavy atom. The first-order valence-electron chi connectivity index (χ1n) is 12.9. The van der Waals surface area contributed by atoms with Crippen molar-refractivity contribution in [1.82, 2.24) is 19.7 Å². The molecule has 3 rings (SSSR count). The van der Waals surface area contributed by atoms with Gasteiger partial charge in [0.05, 0.1) is 5.41 Å². The Balaban J connectivity index is 0.00000106. The van der Waals surface area contributed by atoms with Crippen LogP contribution >= 0.6 is 11.6 Å². The minimum atomic E-state index is -0.0154. The highest BCUT2D eigenvalue weighted by Gasteiger charge is 2.50. The van der Waals surface area contributed by atoms with Crippen LogP contribution in [0, 0.1) is 0 Å². The second-order valence-corrected chi connectivity index (χ2v) is 10.1. The van der Waals surface area contributed by atoms with Crippen LogP contribution in [0.3, 0.4) is 0 Å². The van der Waals surface area contributed by atoms with Crippen molar-refractivity contribution in [2.75, 3.05) is 13.1 Å². The zero-order valence-corrected chi connectivity index (χ0v) is 23.3. The standard InChI is InChI=1S/C26H35ClN4O.C3H6O/c1-5-17-31(18-6-2)24(32)21(19-20(3)27)11-10-14-23-28-29-25(30(23)4)26(15-16-26)22-12-8-7-9-13-22;1-3(2)4/h8,10-13,19H,3,5-7,9,14-18H2,1-2,4H3;1-2H3/b11-10-,21-19+;. The van der Waals surface area contributed by atoms with Crippen LogP contribution in [0.25, 0.3) is 0 Å². The van der Waals surface area contributed by atoms with Crippen molar-refractivity contribution in [3.63, 3.8) is 0 Å². The van der Waals surface area contributed by atoms with Gasteiger partial charge in [0.25, 0.3) is 5.91 Å². The third-order valence-corrected chi connectivity index (χ3v) is 6.23. The van der Waals surface area contributed by atoms with Crippen molar-refractivity contribution < 1.29 is 9.59 Å². The van der Waals surface area contributed by atoms with Crippen LogP contribution < -0.4 is 0 Å². The summed E-state index contributed by atoms with van der Waals surface area (Å²) in [5.74, 6) is 2.08. The number of hydrogen-bond acceptors (Lipinski definition) is 4. The Bertz CT molecular complexity index is 1050. The lowest BCUT2D eigenvalue weighted by molar-refractivity contribution is -0.126. The molecule has 1 heterocycles. The molecule has 0 aromatic carbocycles. The van der Waals surface area contributed by atoms with Crippen LogP contribution in [-0.4, -0.2) is 44.4 Å². The van der Waals surface area contributed by atoms with Crippen molar-refractivity contribution >= 4 is 23.3 Å². The van der Waals surface area contributed by atoms with Crippen LogP contribution in [-0.2, 0) is 28.5 Å². The molecule has 1 amide bonds. The zero-order valence-electron chi connectivity index (χ0n) is 22.5. The molecule has 0 unspecified atom stereocenters. The average molecular weight is 513 g/mol. The number of allylic oxidation sites excluding steroid dienone is 7. The number of amides is 1. The topological polar surface area (TPSA) is 68.1 Å². The summed E-state index contributed by atoms with van der Waals surface area (Å²) in [6.07, 6.45) is 19.2. The van der Waals surface area contributed by atoms with E-state index in [-0.39, 0.29) is 17.1 Å². The largest absolute Gasteiger partial charge is 0.339 e. The number of carbonyl (C=O) groups excluding carboxylic acids is 2. The minimum Gasteiger partial charge on any atom is -0.339 e. The van der Waals surface area contributed by atoms with Crippen LogP contribution in [0.15, 0.2) is 59.2 Å². The van der Waals surface area contributed by atoms with Crippen molar-refractivity contribution in [3.05, 3.63) is 70.9 Å². The highest BCUT2D eigenvalue weighted by molar-refractivity contribution is 6.31. The van der Waals surface area contributed by atoms with E-state index in [0.29, 0.717) is 17.0 Å². The lowest BCUT2D eigenvalue weighted by atomic mass is 9.90. The van der Waals surface area contributed by atoms with Crippen molar-refractivity contribution in [3.8, 4) is 0 Å². The average Bonchev–Trinajstić information content (AvgIpc) is 3.55. The molecule has 7 heteroatoms. The summed E-state index contributed by atoms with van der Waals surface area (Å²) in [4.78, 5) is 24.4. The molecule has 0 atom stereocenters. The van der Waals surface area contributed by atoms with E-state index in [4.69, 9.17) is 11.6 Å². The van der Waals surface area contributed by atoms with Gasteiger partial charge in [-0.3, -0.25) is 4.79 Å². The number of hydrogen-bond donors (Lipinski definition) is 0. The predicted molar refractivity (Wildman–Crippen MR) is 148 cm³/mol. The predicted octanol–water partition coefficient (Wildman–Crippen LogP) is 6.14. The number of halogens is 1. The lowest BCUT2D eigenvalue weighted by Crippen LogP contribution is -2.33. The van der Waals surface area contributed by atoms with E-state index in [1.54, 1.807) is 6.08 Å². The van der Waals surface area contributed by atoms with Gasteiger partial charge in [-0.15, -0.1) is 10.2 Å². The molecule has 0 spiro atoms. The maximum Gasteiger partial charge on any atom is 0.253 e. The first kappa shape index (κ1) is 29.5. The quantitative estimate of drug-likeness (QED) is 0.263. The maximum absolute atomic E-state index is 13.0. The fourth-order valence-corrected chi connectivity index (χ4v) is 4.49. The summed E-state index contributed by atoms with van der Waals surface area (Å²) in [5.41, 5.74) is 1.95. The van der Waals surface area contributed by atoms with Gasteiger partial charge >= 0.3 is 0 Å². The van der Waals surface area contributed by atoms with Crippen LogP contribution in [0.5, 0.6) is 0 Å². The van der Waals surface area contributed by atoms with Crippen molar-refractivity contribution in [2.24, 2.45) is 7.05 Å². The van der Waals surface area contributed by atoms with Gasteiger partial charge in [-0.1, -0.05) is 62.4 Å². The number of carbonyl (C=O) groups is 2. The van der Waals surface area contributed by atoms with E-state index < -0.39 is 0 Å². The number of aromatic nitrogens is 3. The van der Waals surface area contributed by atoms with Gasteiger partial charge in [-0.25, -0.2) is 0 Å². The summed E-state index contributed by atoms with van der Waals surface area (Å²) >= 11 is 6.02. The van der Waals surface area contributed by atoms with E-state index in [0.717, 1.165) is 63.3 Å². The van der Waals surface area contributed by atoms with E-state index in [9.17, 15) is 9.59 Å². The second kappa shape index (κ2) is 14.1. The van der Waals surface area contributed by atoms with Gasteiger partial charge < -0.3 is 14.3 Å². The van der Waals surface area contributed by atoms with Crippen LogP contribution in [0.4, 0.5) is 0 Å². The molecule has 196 valence electrons. The molecule has 6 nitrogen and oxygen atoms in total. The van der Waals surface area contributed by atoms with Gasteiger partial charge in [-0.2, -0.15) is 0 Å². The number of nitrogens with zero attached hydrogens (tertiary/aromatic N) is 4. The Morgan fingerprint density at radius 3 is 2.31 bits per heavy atom. The number of ketones is 1. The van der Waals surface area contributed by atoms with Crippen molar-refractivity contribution in [1.29, 1.82) is 0 Å². The molecular formula is C29H41ClN4O2. The molecular weight excluding hydrogens is 472 g/mol. The van der Waals surface area contributed by atoms with Crippen LogP contribution in [0.2, 0.25) is 0 Å². The zero-order chi connectivity index (χ0) is 26.7. The molecule has 0 bridgehead atoms. The summed E-state index contributed by atoms with van der Waals surface area (Å²) in [7, 11) is 2.04. The Hall–Kier alpha value is -2.73. The van der Waals surface area contributed by atoms with Gasteiger partial charge in [0.2, 0.25) is 0 Å². The number of Topliss-reactive ketones (excluding diaryl/α,β-unsaturated/α-hetero) is 1. The molecule has 1 fully saturated rings. The van der Waals surface area contributed by atoms with E-state index >= 15 is 0 Å². The Labute approximate surface area is 221 Å². The monoisotopic (exact) mass is 512 g/mol. The molecule has 36 heavy (non-hydrogen) atoms. The normalized spacial score (nSPS) is 16.3. The van der Waals surface area contributed by atoms with E-state index in [1.807, 2.05) is 24.1 Å². The molecule has 2 aliphatic carbocycles. The van der Waals surface area contributed by atoms with E-state index in [1.165, 1.54) is 19.4 Å². The summed E-state index contributed by atoms with van der Waals surface area (Å²) in [6.45, 7) is 12.4. The molecule has 0 radical (unpaired) electrons. The van der Waals surface area contributed by atoms with Crippen LogP contribution in [0.1, 0.15) is 77.9 Å². The number of rotatable bonds is 11. The fourth-order valence-electron chi connectivity index (χ4n) is 4.37. The van der Waals surface area contributed by atoms with Gasteiger partial charge in [0.1, 0.15) is 17.4 Å². The first-order valence-corrected chi connectivity index (χ1v) is 13.3. The summed E-state index contributed by atoms with van der Waals surface area (Å²) in [6, 6.07) is 0. The molecule has 1 saturated carbocycles. The first-order chi connectivity index (χ1) is 17.2. The SMILES string of the molecule is C=C(Cl)/C=C(\C=C/Cc1nnc(C2(C3=CCCC=C3)CC2)n1C)C(=O)N(CCC)CCC.CC(C)=O. The van der Waals surface area contributed by atoms with Crippen molar-refractivity contribution in [2.45, 2.75) is 78.1 Å². The lowest BCUT2D eigenvalue weighted by Gasteiger charge is -2.22. The highest BCUT2D eigenvalue weighted by Crippen LogP contribution is 2.54. The summed E-state index contributed by atoms with van der Waals surface area (Å²) < 4.78 is 2.12. The smallest absolute Gasteiger partial charge is 0.253 e. The van der Waals surface area contributed by atoms with E-state index in [2.05, 4.69) is 53.4 Å². The van der Waals surface area contributed by atoms with Gasteiger partial charge in [0, 0.05) is 37.2 Å². The molecule has 1 aromatic heterocycles. The Morgan fingerprint density at radius 2 is 1.81 bits per heavy atom. The van der Waals surface area contributed by atoms with Gasteiger partial charge in [0.15, 0.2) is 0 Å². The molecule has 1 aromatic rings. The van der Waals surface area contributed by atoms with Gasteiger partial charge in [-0.05, 0) is 64.0 Å². The highest BCUT2D eigenvalue weighted by atomic mass is 35.5. The molecule has 0 aliphatic heterocycles. The third-order valence-electron chi connectivity index (χ3n) is 6.12. The molecule has 0 N–H and O–H groups in total. The maximum atomic E-state index is 13.0.